The van der Waals surface area contributed by atoms with Gasteiger partial charge in [0, 0.05) is 33.7 Å². The Hall–Kier alpha value is -5.48. The van der Waals surface area contributed by atoms with Gasteiger partial charge in [0.05, 0.1) is 17.0 Å². The summed E-state index contributed by atoms with van der Waals surface area (Å²) in [7, 11) is 0. The Labute approximate surface area is 433 Å². The molecule has 2 aliphatic heterocycles. The summed E-state index contributed by atoms with van der Waals surface area (Å²) in [6.07, 6.45) is 4.67. The second kappa shape index (κ2) is 15.5. The molecule has 72 heavy (non-hydrogen) atoms. The zero-order valence-electron chi connectivity index (χ0n) is 47.4. The predicted molar refractivity (Wildman–Crippen MR) is 312 cm³/mol. The fourth-order valence-corrected chi connectivity index (χ4v) is 13.6. The summed E-state index contributed by atoms with van der Waals surface area (Å²) in [6, 6.07) is 39.1. The van der Waals surface area contributed by atoms with Crippen molar-refractivity contribution in [3.63, 3.8) is 0 Å². The molecule has 0 bridgehead atoms. The van der Waals surface area contributed by atoms with E-state index in [1.165, 1.54) is 124 Å². The highest BCUT2D eigenvalue weighted by Gasteiger charge is 2.50. The smallest absolute Gasteiger partial charge is 0.297 e. The average molecular weight is 953 g/mol. The number of hydrogen-bond acceptors (Lipinski definition) is 3. The van der Waals surface area contributed by atoms with Gasteiger partial charge in [0.25, 0.3) is 6.71 Å². The molecule has 0 amide bonds. The molecular formula is C68H81BN2O. The van der Waals surface area contributed by atoms with Crippen LogP contribution in [-0.2, 0) is 37.9 Å². The van der Waals surface area contributed by atoms with Crippen molar-refractivity contribution in [2.24, 2.45) is 0 Å². The molecule has 0 radical (unpaired) electrons. The van der Waals surface area contributed by atoms with Crippen molar-refractivity contribution < 1.29 is 4.42 Å². The van der Waals surface area contributed by atoms with Gasteiger partial charge in [0.2, 0.25) is 0 Å². The maximum Gasteiger partial charge on any atom is 0.297 e. The quantitative estimate of drug-likeness (QED) is 0.165. The highest BCUT2D eigenvalue weighted by Crippen LogP contribution is 2.55. The predicted octanol–water partition coefficient (Wildman–Crippen LogP) is 17.4. The molecule has 0 spiro atoms. The molecule has 0 N–H and O–H groups in total. The first kappa shape index (κ1) is 48.8. The Balaban J connectivity index is 1.29. The van der Waals surface area contributed by atoms with Gasteiger partial charge in [-0.15, -0.1) is 0 Å². The first-order valence-electron chi connectivity index (χ1n) is 27.3. The van der Waals surface area contributed by atoms with E-state index in [0.29, 0.717) is 0 Å². The summed E-state index contributed by atoms with van der Waals surface area (Å²) >= 11 is 0. The maximum absolute atomic E-state index is 7.62. The molecule has 3 nitrogen and oxygen atoms in total. The average Bonchev–Trinajstić information content (AvgIpc) is 3.67. The molecule has 0 saturated carbocycles. The van der Waals surface area contributed by atoms with Crippen LogP contribution >= 0.6 is 0 Å². The largest absolute Gasteiger partial charge is 0.468 e. The van der Waals surface area contributed by atoms with Gasteiger partial charge >= 0.3 is 0 Å². The maximum atomic E-state index is 7.62. The lowest BCUT2D eigenvalue weighted by atomic mass is 9.35. The van der Waals surface area contributed by atoms with Crippen LogP contribution in [0, 0.1) is 13.8 Å². The van der Waals surface area contributed by atoms with Crippen LogP contribution in [0.3, 0.4) is 0 Å². The Bertz CT molecular complexity index is 3390. The third kappa shape index (κ3) is 7.40. The van der Waals surface area contributed by atoms with E-state index in [0.717, 1.165) is 24.1 Å². The molecule has 4 aliphatic rings. The third-order valence-corrected chi connectivity index (χ3v) is 18.3. The van der Waals surface area contributed by atoms with Crippen LogP contribution in [0.5, 0.6) is 0 Å². The van der Waals surface area contributed by atoms with Gasteiger partial charge in [-0.3, -0.25) is 0 Å². The topological polar surface area (TPSA) is 19.6 Å². The SMILES string of the molecule is Cc1cc2c3c(c1)N(c1c(-c4ccc5c(c4)C(C)(C)CCC5(C)C)ccc(C(C)(C)C)c1C)c1c(oc4ccc(C(C)(C)C)cc14)B3c1cc3c(cc1N2c1ccc(C(C)(C)C)cc1)C(C)(C)CCC3(C)C. The second-order valence-electron chi connectivity index (χ2n) is 28.5. The summed E-state index contributed by atoms with van der Waals surface area (Å²) < 4.78 is 7.62. The van der Waals surface area contributed by atoms with Gasteiger partial charge in [-0.1, -0.05) is 172 Å². The lowest BCUT2D eigenvalue weighted by molar-refractivity contribution is 0.332. The molecule has 0 saturated heterocycles. The molecule has 11 rings (SSSR count). The summed E-state index contributed by atoms with van der Waals surface area (Å²) in [6.45, 7) is 45.3. The summed E-state index contributed by atoms with van der Waals surface area (Å²) in [5.74, 6) is 0. The Morgan fingerprint density at radius 2 is 1.03 bits per heavy atom. The highest BCUT2D eigenvalue weighted by atomic mass is 16.3. The number of hydrogen-bond donors (Lipinski definition) is 0. The van der Waals surface area contributed by atoms with Crippen molar-refractivity contribution in [2.75, 3.05) is 9.80 Å². The van der Waals surface area contributed by atoms with E-state index in [1.54, 1.807) is 0 Å². The van der Waals surface area contributed by atoms with E-state index >= 15 is 0 Å². The van der Waals surface area contributed by atoms with Crippen LogP contribution in [0.4, 0.5) is 34.1 Å². The Morgan fingerprint density at radius 1 is 0.486 bits per heavy atom. The van der Waals surface area contributed by atoms with Crippen LogP contribution < -0.4 is 26.4 Å². The molecule has 0 fully saturated rings. The van der Waals surface area contributed by atoms with E-state index in [2.05, 4.69) is 238 Å². The normalized spacial score (nSPS) is 18.3. The van der Waals surface area contributed by atoms with E-state index in [9.17, 15) is 0 Å². The van der Waals surface area contributed by atoms with Gasteiger partial charge in [0.1, 0.15) is 5.58 Å². The second-order valence-corrected chi connectivity index (χ2v) is 28.5. The lowest BCUT2D eigenvalue weighted by Gasteiger charge is -2.47. The minimum Gasteiger partial charge on any atom is -0.468 e. The zero-order valence-corrected chi connectivity index (χ0v) is 47.4. The first-order valence-corrected chi connectivity index (χ1v) is 27.3. The van der Waals surface area contributed by atoms with Crippen molar-refractivity contribution in [3.05, 3.63) is 147 Å². The molecule has 0 atom stereocenters. The lowest BCUT2D eigenvalue weighted by Crippen LogP contribution is -2.61. The minimum absolute atomic E-state index is 0.0204. The van der Waals surface area contributed by atoms with Crippen LogP contribution in [0.1, 0.15) is 193 Å². The molecule has 0 unspecified atom stereocenters. The molecule has 7 aromatic rings. The number of benzene rings is 6. The van der Waals surface area contributed by atoms with Gasteiger partial charge in [-0.2, -0.15) is 0 Å². The monoisotopic (exact) mass is 953 g/mol. The molecule has 1 aromatic heterocycles. The van der Waals surface area contributed by atoms with Crippen molar-refractivity contribution in [1.82, 2.24) is 0 Å². The molecule has 372 valence electrons. The van der Waals surface area contributed by atoms with E-state index < -0.39 is 0 Å². The minimum atomic E-state index is -0.139. The Morgan fingerprint density at radius 3 is 1.61 bits per heavy atom. The first-order chi connectivity index (χ1) is 33.4. The standard InChI is InChI=1S/C68H81BN2O/c1-40-34-55-58-56(35-40)71(59-41(2)48(64(9,10)11)28-26-46(59)42-20-27-49-50(36-42)66(14,15)31-30-65(49,12)13)60-47-37-44(63(6,7)8)23-29-57(47)72-61(60)69(58)53-38-51-52(68(18,19)33-32-67(51,16)17)39-54(53)70(55)45-24-21-43(22-25-45)62(3,4)5/h20-29,34-39H,30-33H2,1-19H3. The number of fused-ring (bicyclic) bond motifs is 8. The number of nitrogens with zero attached hydrogens (tertiary/aromatic N) is 2. The van der Waals surface area contributed by atoms with Crippen molar-refractivity contribution in [1.29, 1.82) is 0 Å². The van der Waals surface area contributed by atoms with Gasteiger partial charge < -0.3 is 14.2 Å². The number of rotatable bonds is 3. The van der Waals surface area contributed by atoms with Gasteiger partial charge in [-0.05, 0) is 186 Å². The van der Waals surface area contributed by atoms with Crippen LogP contribution in [-0.4, -0.2) is 6.71 Å². The van der Waals surface area contributed by atoms with Crippen molar-refractivity contribution >= 4 is 68.4 Å². The van der Waals surface area contributed by atoms with E-state index in [-0.39, 0.29) is 44.6 Å². The summed E-state index contributed by atoms with van der Waals surface area (Å²) in [4.78, 5) is 5.32. The summed E-state index contributed by atoms with van der Waals surface area (Å²) in [5, 5.41) is 1.17. The summed E-state index contributed by atoms with van der Waals surface area (Å²) in [5.41, 5.74) is 27.0. The number of aryl methyl sites for hydroxylation is 1. The van der Waals surface area contributed by atoms with E-state index in [4.69, 9.17) is 4.42 Å². The third-order valence-electron chi connectivity index (χ3n) is 18.3. The highest BCUT2D eigenvalue weighted by molar-refractivity contribution is 7.00. The number of furan rings is 1. The Kier molecular flexibility index (Phi) is 10.5. The zero-order chi connectivity index (χ0) is 51.8. The van der Waals surface area contributed by atoms with Gasteiger partial charge in [0.15, 0.2) is 0 Å². The molecule has 6 aromatic carbocycles. The fourth-order valence-electron chi connectivity index (χ4n) is 13.6. The molecule has 2 aliphatic carbocycles. The number of anilines is 6. The molecule has 4 heteroatoms. The van der Waals surface area contributed by atoms with Crippen molar-refractivity contribution in [3.8, 4) is 11.1 Å². The van der Waals surface area contributed by atoms with Crippen LogP contribution in [0.2, 0.25) is 0 Å². The molecular weight excluding hydrogens is 872 g/mol. The van der Waals surface area contributed by atoms with Crippen molar-refractivity contribution in [2.45, 2.75) is 195 Å². The fraction of sp³-hybridized carbons (Fsp3) is 0.441. The van der Waals surface area contributed by atoms with Crippen LogP contribution in [0.25, 0.3) is 22.1 Å². The van der Waals surface area contributed by atoms with E-state index in [1.807, 2.05) is 0 Å². The van der Waals surface area contributed by atoms with Crippen LogP contribution in [0.15, 0.2) is 101 Å². The molecule has 3 heterocycles. The van der Waals surface area contributed by atoms with Gasteiger partial charge in [-0.25, -0.2) is 0 Å².